The van der Waals surface area contributed by atoms with E-state index in [0.717, 1.165) is 22.6 Å². The van der Waals surface area contributed by atoms with E-state index < -0.39 is 0 Å². The number of thiocarbonyl (C=S) groups is 1. The average Bonchev–Trinajstić information content (AvgIpc) is 3.31. The van der Waals surface area contributed by atoms with Crippen LogP contribution in [0.4, 0.5) is 5.69 Å². The minimum Gasteiger partial charge on any atom is -0.506 e. The maximum absolute atomic E-state index is 10.7. The van der Waals surface area contributed by atoms with Crippen LogP contribution in [0.3, 0.4) is 0 Å². The summed E-state index contributed by atoms with van der Waals surface area (Å²) in [6, 6.07) is 21.6. The van der Waals surface area contributed by atoms with E-state index in [1.54, 1.807) is 12.3 Å². The zero-order valence-corrected chi connectivity index (χ0v) is 20.6. The van der Waals surface area contributed by atoms with Crippen molar-refractivity contribution in [3.05, 3.63) is 107 Å². The normalized spacial score (nSPS) is 17.8. The van der Waals surface area contributed by atoms with Crippen LogP contribution in [0.15, 0.2) is 72.9 Å². The number of anilines is 1. The Labute approximate surface area is 205 Å². The summed E-state index contributed by atoms with van der Waals surface area (Å²) in [5.41, 5.74) is 8.70. The summed E-state index contributed by atoms with van der Waals surface area (Å²) in [4.78, 5) is 6.68. The van der Waals surface area contributed by atoms with Gasteiger partial charge in [-0.15, -0.1) is 0 Å². The second-order valence-corrected chi connectivity index (χ2v) is 9.27. The van der Waals surface area contributed by atoms with Crippen molar-refractivity contribution in [3.8, 4) is 11.4 Å². The molecule has 4 aromatic rings. The highest BCUT2D eigenvalue weighted by atomic mass is 32.1. The minimum absolute atomic E-state index is 0.166. The number of benzene rings is 2. The van der Waals surface area contributed by atoms with Gasteiger partial charge in [0, 0.05) is 17.6 Å². The monoisotopic (exact) mass is 468 g/mol. The van der Waals surface area contributed by atoms with Crippen molar-refractivity contribution in [2.75, 3.05) is 4.90 Å². The number of phenolic OH excluding ortho intramolecular Hbond substituents is 1. The van der Waals surface area contributed by atoms with Crippen LogP contribution < -0.4 is 10.2 Å². The van der Waals surface area contributed by atoms with Gasteiger partial charge in [-0.05, 0) is 86.9 Å². The standard InChI is InChI=1S/C28H28N4OS/c1-17-10-9-11-18(2)26(17)31-19(3)16-21(20(31)4)27-25(22-12-7-8-15-29-22)30-28(34)32(27)23-13-5-6-14-24(23)33/h5-16,25,27,33H,1-4H3,(H,30,34). The molecule has 2 N–H and O–H groups in total. The first-order chi connectivity index (χ1) is 16.4. The lowest BCUT2D eigenvalue weighted by atomic mass is 9.96. The average molecular weight is 469 g/mol. The molecule has 1 aliphatic rings. The minimum atomic E-state index is -0.181. The number of pyridine rings is 1. The van der Waals surface area contributed by atoms with E-state index in [2.05, 4.69) is 66.8 Å². The summed E-state index contributed by atoms with van der Waals surface area (Å²) in [5, 5.41) is 14.8. The number of hydrogen-bond acceptors (Lipinski definition) is 3. The molecule has 2 unspecified atom stereocenters. The first-order valence-electron chi connectivity index (χ1n) is 11.4. The lowest BCUT2D eigenvalue weighted by molar-refractivity contribution is 0.472. The van der Waals surface area contributed by atoms with E-state index in [1.807, 2.05) is 41.3 Å². The van der Waals surface area contributed by atoms with Crippen LogP contribution in [0.1, 0.15) is 45.9 Å². The van der Waals surface area contributed by atoms with Gasteiger partial charge in [-0.1, -0.05) is 36.4 Å². The number of aromatic hydroxyl groups is 1. The molecule has 5 nitrogen and oxygen atoms in total. The molecule has 0 amide bonds. The van der Waals surface area contributed by atoms with E-state index in [4.69, 9.17) is 12.2 Å². The number of aryl methyl sites for hydroxylation is 3. The topological polar surface area (TPSA) is 53.3 Å². The molecule has 6 heteroatoms. The molecule has 2 aromatic carbocycles. The van der Waals surface area contributed by atoms with Gasteiger partial charge in [0.15, 0.2) is 5.11 Å². The number of hydrogen-bond donors (Lipinski definition) is 2. The molecule has 2 atom stereocenters. The molecule has 5 rings (SSSR count). The number of nitrogens with zero attached hydrogens (tertiary/aromatic N) is 3. The van der Waals surface area contributed by atoms with E-state index in [1.165, 1.54) is 16.8 Å². The molecule has 1 saturated heterocycles. The van der Waals surface area contributed by atoms with Gasteiger partial charge in [-0.3, -0.25) is 4.98 Å². The summed E-state index contributed by atoms with van der Waals surface area (Å²) < 4.78 is 2.33. The molecular formula is C28H28N4OS. The van der Waals surface area contributed by atoms with Crippen molar-refractivity contribution < 1.29 is 5.11 Å². The van der Waals surface area contributed by atoms with Gasteiger partial charge in [0.2, 0.25) is 0 Å². The van der Waals surface area contributed by atoms with Crippen LogP contribution in [0.25, 0.3) is 5.69 Å². The molecule has 2 aromatic heterocycles. The smallest absolute Gasteiger partial charge is 0.174 e. The van der Waals surface area contributed by atoms with Gasteiger partial charge in [-0.2, -0.15) is 0 Å². The predicted octanol–water partition coefficient (Wildman–Crippen LogP) is 5.99. The number of para-hydroxylation sites is 3. The number of nitrogens with one attached hydrogen (secondary N) is 1. The Bertz CT molecular complexity index is 1360. The van der Waals surface area contributed by atoms with Gasteiger partial charge in [0.05, 0.1) is 29.2 Å². The molecule has 172 valence electrons. The highest BCUT2D eigenvalue weighted by Gasteiger charge is 2.43. The van der Waals surface area contributed by atoms with Crippen LogP contribution in [0.5, 0.6) is 5.75 Å². The van der Waals surface area contributed by atoms with Crippen LogP contribution >= 0.6 is 12.2 Å². The second-order valence-electron chi connectivity index (χ2n) is 8.89. The Morgan fingerprint density at radius 1 is 0.912 bits per heavy atom. The van der Waals surface area contributed by atoms with Gasteiger partial charge in [0.1, 0.15) is 5.75 Å². The number of aromatic nitrogens is 2. The molecule has 1 aliphatic heterocycles. The Balaban J connectivity index is 1.73. The fourth-order valence-electron chi connectivity index (χ4n) is 5.19. The highest BCUT2D eigenvalue weighted by molar-refractivity contribution is 7.80. The fourth-order valence-corrected chi connectivity index (χ4v) is 5.53. The highest BCUT2D eigenvalue weighted by Crippen LogP contribution is 2.46. The number of phenols is 1. The second kappa shape index (κ2) is 8.61. The molecule has 1 fully saturated rings. The van der Waals surface area contributed by atoms with E-state index in [-0.39, 0.29) is 17.8 Å². The molecule has 0 spiro atoms. The third kappa shape index (κ3) is 3.55. The van der Waals surface area contributed by atoms with Gasteiger partial charge < -0.3 is 19.9 Å². The van der Waals surface area contributed by atoms with E-state index in [0.29, 0.717) is 10.8 Å². The summed E-state index contributed by atoms with van der Waals surface area (Å²) in [7, 11) is 0. The van der Waals surface area contributed by atoms with Crippen molar-refractivity contribution in [3.63, 3.8) is 0 Å². The first kappa shape index (κ1) is 22.2. The van der Waals surface area contributed by atoms with Crippen molar-refractivity contribution in [2.24, 2.45) is 0 Å². The predicted molar refractivity (Wildman–Crippen MR) is 141 cm³/mol. The molecular weight excluding hydrogens is 440 g/mol. The molecule has 0 radical (unpaired) electrons. The summed E-state index contributed by atoms with van der Waals surface area (Å²) in [6.45, 7) is 8.60. The van der Waals surface area contributed by atoms with Crippen molar-refractivity contribution in [1.82, 2.24) is 14.9 Å². The van der Waals surface area contributed by atoms with Gasteiger partial charge in [-0.25, -0.2) is 0 Å². The third-order valence-electron chi connectivity index (χ3n) is 6.69. The SMILES string of the molecule is Cc1cccc(C)c1-n1c(C)cc(C2C(c3ccccn3)NC(=S)N2c2ccccc2O)c1C. The summed E-state index contributed by atoms with van der Waals surface area (Å²) in [6.07, 6.45) is 1.81. The quantitative estimate of drug-likeness (QED) is 0.361. The Morgan fingerprint density at radius 2 is 1.62 bits per heavy atom. The lowest BCUT2D eigenvalue weighted by Crippen LogP contribution is -2.29. The molecule has 34 heavy (non-hydrogen) atoms. The molecule has 0 aliphatic carbocycles. The fraction of sp³-hybridized carbons (Fsp3) is 0.214. The lowest BCUT2D eigenvalue weighted by Gasteiger charge is -2.28. The zero-order chi connectivity index (χ0) is 24.0. The maximum Gasteiger partial charge on any atom is 0.174 e. The first-order valence-corrected chi connectivity index (χ1v) is 11.8. The third-order valence-corrected chi connectivity index (χ3v) is 7.01. The Hall–Kier alpha value is -3.64. The Morgan fingerprint density at radius 3 is 2.29 bits per heavy atom. The summed E-state index contributed by atoms with van der Waals surface area (Å²) in [5.74, 6) is 0.196. The van der Waals surface area contributed by atoms with Crippen molar-refractivity contribution in [1.29, 1.82) is 0 Å². The van der Waals surface area contributed by atoms with Crippen molar-refractivity contribution in [2.45, 2.75) is 39.8 Å². The van der Waals surface area contributed by atoms with Crippen LogP contribution in [-0.4, -0.2) is 19.8 Å². The van der Waals surface area contributed by atoms with Gasteiger partial charge in [0.25, 0.3) is 0 Å². The van der Waals surface area contributed by atoms with E-state index >= 15 is 0 Å². The van der Waals surface area contributed by atoms with Crippen molar-refractivity contribution >= 4 is 23.0 Å². The number of rotatable bonds is 4. The largest absolute Gasteiger partial charge is 0.506 e. The van der Waals surface area contributed by atoms with Crippen LogP contribution in [-0.2, 0) is 0 Å². The maximum atomic E-state index is 10.7. The van der Waals surface area contributed by atoms with Gasteiger partial charge >= 0.3 is 0 Å². The zero-order valence-electron chi connectivity index (χ0n) is 19.8. The molecule has 0 saturated carbocycles. The van der Waals surface area contributed by atoms with E-state index in [9.17, 15) is 5.11 Å². The Kier molecular flexibility index (Phi) is 5.62. The van der Waals surface area contributed by atoms with Crippen LogP contribution in [0, 0.1) is 27.7 Å². The molecule has 3 heterocycles. The summed E-state index contributed by atoms with van der Waals surface area (Å²) >= 11 is 5.82. The molecule has 0 bridgehead atoms. The van der Waals surface area contributed by atoms with Crippen LogP contribution in [0.2, 0.25) is 0 Å².